The minimum Gasteiger partial charge on any atom is -0.353 e. The molecular formula is C22H24N6O. The fraction of sp³-hybridized carbons (Fsp3) is 0.273. The van der Waals surface area contributed by atoms with Crippen molar-refractivity contribution in [1.29, 1.82) is 0 Å². The first kappa shape index (κ1) is 18.9. The SMILES string of the molecule is Cc1ccc(CNC(=O)c2ccnc(N3CCN(c4ccccn4)CC3)n2)cc1. The van der Waals surface area contributed by atoms with E-state index in [0.29, 0.717) is 18.2 Å². The van der Waals surface area contributed by atoms with E-state index in [4.69, 9.17) is 0 Å². The van der Waals surface area contributed by atoms with Crippen LogP contribution in [0.2, 0.25) is 0 Å². The molecule has 7 nitrogen and oxygen atoms in total. The fourth-order valence-corrected chi connectivity index (χ4v) is 3.28. The van der Waals surface area contributed by atoms with E-state index in [0.717, 1.165) is 37.6 Å². The van der Waals surface area contributed by atoms with Crippen LogP contribution in [0, 0.1) is 6.92 Å². The molecule has 3 aromatic rings. The standard InChI is InChI=1S/C22H24N6O/c1-17-5-7-18(8-6-17)16-25-21(29)19-9-11-24-22(26-19)28-14-12-27(13-15-28)20-4-2-3-10-23-20/h2-11H,12-16H2,1H3,(H,25,29). The average molecular weight is 388 g/mol. The van der Waals surface area contributed by atoms with Crippen LogP contribution in [0.5, 0.6) is 0 Å². The molecule has 0 unspecified atom stereocenters. The van der Waals surface area contributed by atoms with E-state index in [9.17, 15) is 4.79 Å². The van der Waals surface area contributed by atoms with Gasteiger partial charge in [0.25, 0.3) is 5.91 Å². The number of rotatable bonds is 5. The van der Waals surface area contributed by atoms with Crippen LogP contribution in [0.4, 0.5) is 11.8 Å². The van der Waals surface area contributed by atoms with Crippen molar-refractivity contribution < 1.29 is 4.79 Å². The molecule has 1 aromatic carbocycles. The van der Waals surface area contributed by atoms with Crippen molar-refractivity contribution in [2.24, 2.45) is 0 Å². The second-order valence-corrected chi connectivity index (χ2v) is 7.07. The number of piperazine rings is 1. The molecule has 1 saturated heterocycles. The Hall–Kier alpha value is -3.48. The molecule has 148 valence electrons. The van der Waals surface area contributed by atoms with Gasteiger partial charge in [0.05, 0.1) is 0 Å². The predicted molar refractivity (Wildman–Crippen MR) is 113 cm³/mol. The van der Waals surface area contributed by atoms with Crippen LogP contribution < -0.4 is 15.1 Å². The smallest absolute Gasteiger partial charge is 0.270 e. The Balaban J connectivity index is 1.36. The Bertz CT molecular complexity index is 953. The molecule has 1 fully saturated rings. The van der Waals surface area contributed by atoms with Gasteiger partial charge in [-0.15, -0.1) is 0 Å². The van der Waals surface area contributed by atoms with Gasteiger partial charge < -0.3 is 15.1 Å². The zero-order valence-corrected chi connectivity index (χ0v) is 16.5. The van der Waals surface area contributed by atoms with Crippen LogP contribution in [0.25, 0.3) is 0 Å². The normalized spacial score (nSPS) is 14.0. The Morgan fingerprint density at radius 2 is 1.69 bits per heavy atom. The van der Waals surface area contributed by atoms with Crippen LogP contribution >= 0.6 is 0 Å². The number of aryl methyl sites for hydroxylation is 1. The van der Waals surface area contributed by atoms with Crippen LogP contribution in [0.15, 0.2) is 60.9 Å². The van der Waals surface area contributed by atoms with Gasteiger partial charge in [0, 0.05) is 45.1 Å². The fourth-order valence-electron chi connectivity index (χ4n) is 3.28. The van der Waals surface area contributed by atoms with E-state index >= 15 is 0 Å². The van der Waals surface area contributed by atoms with Gasteiger partial charge in [-0.3, -0.25) is 4.79 Å². The molecule has 7 heteroatoms. The Labute approximate surface area is 170 Å². The van der Waals surface area contributed by atoms with Crippen LogP contribution in [-0.4, -0.2) is 47.0 Å². The summed E-state index contributed by atoms with van der Waals surface area (Å²) in [6, 6.07) is 15.7. The van der Waals surface area contributed by atoms with Crippen LogP contribution in [0.3, 0.4) is 0 Å². The first-order chi connectivity index (χ1) is 14.2. The third kappa shape index (κ3) is 4.68. The van der Waals surface area contributed by atoms with Crippen LogP contribution in [0.1, 0.15) is 21.6 Å². The van der Waals surface area contributed by atoms with Gasteiger partial charge in [-0.25, -0.2) is 15.0 Å². The summed E-state index contributed by atoms with van der Waals surface area (Å²) in [5.41, 5.74) is 2.64. The number of hydrogen-bond donors (Lipinski definition) is 1. The third-order valence-electron chi connectivity index (χ3n) is 4.98. The summed E-state index contributed by atoms with van der Waals surface area (Å²) in [5.74, 6) is 1.38. The first-order valence-corrected chi connectivity index (χ1v) is 9.77. The molecule has 2 aromatic heterocycles. The highest BCUT2D eigenvalue weighted by atomic mass is 16.1. The van der Waals surface area contributed by atoms with Crippen molar-refractivity contribution in [3.8, 4) is 0 Å². The van der Waals surface area contributed by atoms with E-state index < -0.39 is 0 Å². The molecule has 4 rings (SSSR count). The zero-order chi connectivity index (χ0) is 20.1. The van der Waals surface area contributed by atoms with E-state index in [1.807, 2.05) is 55.6 Å². The quantitative estimate of drug-likeness (QED) is 0.724. The van der Waals surface area contributed by atoms with Gasteiger partial charge in [-0.2, -0.15) is 0 Å². The molecule has 0 radical (unpaired) electrons. The van der Waals surface area contributed by atoms with E-state index in [2.05, 4.69) is 30.1 Å². The molecule has 0 aliphatic carbocycles. The minimum atomic E-state index is -0.193. The van der Waals surface area contributed by atoms with Gasteiger partial charge in [0.2, 0.25) is 5.95 Å². The van der Waals surface area contributed by atoms with E-state index in [-0.39, 0.29) is 5.91 Å². The lowest BCUT2D eigenvalue weighted by Crippen LogP contribution is -2.47. The summed E-state index contributed by atoms with van der Waals surface area (Å²) in [7, 11) is 0. The molecule has 29 heavy (non-hydrogen) atoms. The number of nitrogens with one attached hydrogen (secondary N) is 1. The summed E-state index contributed by atoms with van der Waals surface area (Å²) in [5, 5.41) is 2.93. The topological polar surface area (TPSA) is 74.2 Å². The van der Waals surface area contributed by atoms with Gasteiger partial charge in [0.1, 0.15) is 11.5 Å². The third-order valence-corrected chi connectivity index (χ3v) is 4.98. The second-order valence-electron chi connectivity index (χ2n) is 7.07. The first-order valence-electron chi connectivity index (χ1n) is 9.77. The van der Waals surface area contributed by atoms with E-state index in [1.165, 1.54) is 5.56 Å². The lowest BCUT2D eigenvalue weighted by Gasteiger charge is -2.35. The number of carbonyl (C=O) groups excluding carboxylic acids is 1. The van der Waals surface area contributed by atoms with Gasteiger partial charge in [-0.05, 0) is 30.7 Å². The number of pyridine rings is 1. The summed E-state index contributed by atoms with van der Waals surface area (Å²) in [4.78, 5) is 30.1. The van der Waals surface area contributed by atoms with Crippen molar-refractivity contribution >= 4 is 17.7 Å². The van der Waals surface area contributed by atoms with Crippen molar-refractivity contribution in [3.05, 3.63) is 77.7 Å². The van der Waals surface area contributed by atoms with Gasteiger partial charge >= 0.3 is 0 Å². The number of hydrogen-bond acceptors (Lipinski definition) is 6. The molecule has 1 amide bonds. The number of anilines is 2. The largest absolute Gasteiger partial charge is 0.353 e. The van der Waals surface area contributed by atoms with Gasteiger partial charge in [-0.1, -0.05) is 35.9 Å². The Morgan fingerprint density at radius 1 is 0.931 bits per heavy atom. The lowest BCUT2D eigenvalue weighted by molar-refractivity contribution is 0.0946. The van der Waals surface area contributed by atoms with Crippen LogP contribution in [-0.2, 0) is 6.54 Å². The monoisotopic (exact) mass is 388 g/mol. The van der Waals surface area contributed by atoms with Crippen molar-refractivity contribution in [2.45, 2.75) is 13.5 Å². The molecular weight excluding hydrogens is 364 g/mol. The van der Waals surface area contributed by atoms with Crippen molar-refractivity contribution in [1.82, 2.24) is 20.3 Å². The predicted octanol–water partition coefficient (Wildman–Crippen LogP) is 2.44. The highest BCUT2D eigenvalue weighted by Crippen LogP contribution is 2.16. The van der Waals surface area contributed by atoms with Crippen molar-refractivity contribution in [2.75, 3.05) is 36.0 Å². The van der Waals surface area contributed by atoms with Gasteiger partial charge in [0.15, 0.2) is 0 Å². The average Bonchev–Trinajstić information content (AvgIpc) is 2.79. The maximum Gasteiger partial charge on any atom is 0.270 e. The maximum atomic E-state index is 12.5. The lowest BCUT2D eigenvalue weighted by atomic mass is 10.1. The Kier molecular flexibility index (Phi) is 5.65. The molecule has 0 atom stereocenters. The summed E-state index contributed by atoms with van der Waals surface area (Å²) in [6.45, 7) is 5.76. The van der Waals surface area contributed by atoms with Crippen molar-refractivity contribution in [3.63, 3.8) is 0 Å². The zero-order valence-electron chi connectivity index (χ0n) is 16.5. The molecule has 0 saturated carbocycles. The number of amides is 1. The second kappa shape index (κ2) is 8.68. The molecule has 1 N–H and O–H groups in total. The number of benzene rings is 1. The van der Waals surface area contributed by atoms with E-state index in [1.54, 1.807) is 12.3 Å². The summed E-state index contributed by atoms with van der Waals surface area (Å²) < 4.78 is 0. The Morgan fingerprint density at radius 3 is 2.41 bits per heavy atom. The summed E-state index contributed by atoms with van der Waals surface area (Å²) >= 11 is 0. The summed E-state index contributed by atoms with van der Waals surface area (Å²) in [6.07, 6.45) is 3.46. The molecule has 3 heterocycles. The number of carbonyl (C=O) groups is 1. The minimum absolute atomic E-state index is 0.193. The molecule has 0 bridgehead atoms. The number of aromatic nitrogens is 3. The highest BCUT2D eigenvalue weighted by Gasteiger charge is 2.20. The molecule has 1 aliphatic heterocycles. The molecule has 1 aliphatic rings. The number of nitrogens with zero attached hydrogens (tertiary/aromatic N) is 5. The highest BCUT2D eigenvalue weighted by molar-refractivity contribution is 5.92. The molecule has 0 spiro atoms. The maximum absolute atomic E-state index is 12.5.